The second-order valence-corrected chi connectivity index (χ2v) is 3.18. The maximum Gasteiger partial charge on any atom is 0.0180 e. The van der Waals surface area contributed by atoms with Crippen molar-refractivity contribution in [3.63, 3.8) is 0 Å². The molecular formula is C7H15NS. The maximum atomic E-state index is 4.28. The Labute approximate surface area is 62.8 Å². The van der Waals surface area contributed by atoms with Crippen molar-refractivity contribution in [2.24, 2.45) is 0 Å². The molecule has 0 N–H and O–H groups in total. The topological polar surface area (TPSA) is 3.24 Å². The lowest BCUT2D eigenvalue weighted by atomic mass is 10.1. The SMILES string of the molecule is CN1CCCCC1CS. The zero-order valence-electron chi connectivity index (χ0n) is 6.01. The maximum absolute atomic E-state index is 4.28. The van der Waals surface area contributed by atoms with Crippen LogP contribution in [0.5, 0.6) is 0 Å². The molecule has 1 unspecified atom stereocenters. The molecule has 0 saturated carbocycles. The monoisotopic (exact) mass is 145 g/mol. The van der Waals surface area contributed by atoms with E-state index in [1.54, 1.807) is 0 Å². The van der Waals surface area contributed by atoms with Crippen molar-refractivity contribution >= 4 is 12.6 Å². The van der Waals surface area contributed by atoms with E-state index in [0.717, 1.165) is 11.8 Å². The van der Waals surface area contributed by atoms with E-state index < -0.39 is 0 Å². The van der Waals surface area contributed by atoms with Crippen molar-refractivity contribution in [2.45, 2.75) is 25.3 Å². The largest absolute Gasteiger partial charge is 0.303 e. The van der Waals surface area contributed by atoms with Crippen LogP contribution in [0.2, 0.25) is 0 Å². The van der Waals surface area contributed by atoms with E-state index >= 15 is 0 Å². The molecule has 54 valence electrons. The van der Waals surface area contributed by atoms with E-state index in [2.05, 4.69) is 24.6 Å². The van der Waals surface area contributed by atoms with E-state index in [4.69, 9.17) is 0 Å². The first-order chi connectivity index (χ1) is 4.34. The number of hydrogen-bond donors (Lipinski definition) is 1. The third-order valence-electron chi connectivity index (χ3n) is 2.13. The Kier molecular flexibility index (Phi) is 2.86. The first-order valence-electron chi connectivity index (χ1n) is 3.65. The molecule has 0 aliphatic carbocycles. The summed E-state index contributed by atoms with van der Waals surface area (Å²) in [4.78, 5) is 2.41. The van der Waals surface area contributed by atoms with Gasteiger partial charge in [-0.1, -0.05) is 6.42 Å². The normalized spacial score (nSPS) is 30.7. The van der Waals surface area contributed by atoms with Gasteiger partial charge in [-0.15, -0.1) is 0 Å². The molecule has 9 heavy (non-hydrogen) atoms. The summed E-state index contributed by atoms with van der Waals surface area (Å²) in [6.07, 6.45) is 4.12. The van der Waals surface area contributed by atoms with E-state index in [9.17, 15) is 0 Å². The van der Waals surface area contributed by atoms with Crippen LogP contribution in [0.3, 0.4) is 0 Å². The van der Waals surface area contributed by atoms with E-state index in [1.807, 2.05) is 0 Å². The van der Waals surface area contributed by atoms with Crippen LogP contribution in [-0.4, -0.2) is 30.3 Å². The molecule has 1 saturated heterocycles. The molecule has 0 spiro atoms. The summed E-state index contributed by atoms with van der Waals surface area (Å²) in [6.45, 7) is 1.27. The standard InChI is InChI=1S/C7H15NS/c1-8-5-3-2-4-7(8)6-9/h7,9H,2-6H2,1H3. The first-order valence-corrected chi connectivity index (χ1v) is 4.29. The molecule has 1 aliphatic rings. The summed E-state index contributed by atoms with van der Waals surface area (Å²) in [6, 6.07) is 0.752. The fraction of sp³-hybridized carbons (Fsp3) is 1.00. The number of thiol groups is 1. The van der Waals surface area contributed by atoms with Crippen molar-refractivity contribution in [1.29, 1.82) is 0 Å². The molecule has 0 radical (unpaired) electrons. The van der Waals surface area contributed by atoms with Crippen molar-refractivity contribution in [2.75, 3.05) is 19.3 Å². The Morgan fingerprint density at radius 2 is 2.33 bits per heavy atom. The summed E-state index contributed by atoms with van der Waals surface area (Å²) in [5.74, 6) is 1.02. The molecule has 0 aromatic heterocycles. The molecule has 0 aromatic carbocycles. The average Bonchev–Trinajstić information content (AvgIpc) is 1.89. The van der Waals surface area contributed by atoms with Crippen molar-refractivity contribution in [3.8, 4) is 0 Å². The molecule has 0 aromatic rings. The van der Waals surface area contributed by atoms with Gasteiger partial charge in [0.15, 0.2) is 0 Å². The zero-order valence-corrected chi connectivity index (χ0v) is 6.90. The van der Waals surface area contributed by atoms with Crippen LogP contribution >= 0.6 is 12.6 Å². The smallest absolute Gasteiger partial charge is 0.0180 e. The van der Waals surface area contributed by atoms with Gasteiger partial charge in [-0.05, 0) is 26.4 Å². The molecule has 1 nitrogen and oxygen atoms in total. The van der Waals surface area contributed by atoms with Gasteiger partial charge >= 0.3 is 0 Å². The molecule has 2 heteroatoms. The van der Waals surface area contributed by atoms with Crippen LogP contribution in [0.4, 0.5) is 0 Å². The fourth-order valence-corrected chi connectivity index (χ4v) is 1.84. The molecule has 1 aliphatic heterocycles. The van der Waals surface area contributed by atoms with Gasteiger partial charge < -0.3 is 4.90 Å². The molecule has 1 rings (SSSR count). The highest BCUT2D eigenvalue weighted by atomic mass is 32.1. The van der Waals surface area contributed by atoms with E-state index in [-0.39, 0.29) is 0 Å². The first kappa shape index (κ1) is 7.42. The zero-order chi connectivity index (χ0) is 6.69. The van der Waals surface area contributed by atoms with Crippen LogP contribution in [-0.2, 0) is 0 Å². The minimum atomic E-state index is 0.752. The lowest BCUT2D eigenvalue weighted by molar-refractivity contribution is 0.204. The van der Waals surface area contributed by atoms with Crippen molar-refractivity contribution < 1.29 is 0 Å². The minimum absolute atomic E-state index is 0.752. The Hall–Kier alpha value is 0.310. The lowest BCUT2D eigenvalue weighted by Crippen LogP contribution is -2.37. The highest BCUT2D eigenvalue weighted by Gasteiger charge is 2.16. The lowest BCUT2D eigenvalue weighted by Gasteiger charge is -2.30. The highest BCUT2D eigenvalue weighted by molar-refractivity contribution is 7.80. The summed E-state index contributed by atoms with van der Waals surface area (Å²) < 4.78 is 0. The summed E-state index contributed by atoms with van der Waals surface area (Å²) in [7, 11) is 2.19. The van der Waals surface area contributed by atoms with Crippen molar-refractivity contribution in [1.82, 2.24) is 4.90 Å². The molecule has 0 bridgehead atoms. The Morgan fingerprint density at radius 3 is 2.78 bits per heavy atom. The molecule has 1 atom stereocenters. The van der Waals surface area contributed by atoms with Gasteiger partial charge in [0.2, 0.25) is 0 Å². The quantitative estimate of drug-likeness (QED) is 0.546. The van der Waals surface area contributed by atoms with Crippen LogP contribution < -0.4 is 0 Å². The average molecular weight is 145 g/mol. The molecule has 1 fully saturated rings. The van der Waals surface area contributed by atoms with Gasteiger partial charge in [0.25, 0.3) is 0 Å². The van der Waals surface area contributed by atoms with Gasteiger partial charge in [0, 0.05) is 11.8 Å². The Morgan fingerprint density at radius 1 is 1.56 bits per heavy atom. The molecular weight excluding hydrogens is 130 g/mol. The number of rotatable bonds is 1. The fourth-order valence-electron chi connectivity index (χ4n) is 1.37. The summed E-state index contributed by atoms with van der Waals surface area (Å²) in [5, 5.41) is 0. The van der Waals surface area contributed by atoms with E-state index in [1.165, 1.54) is 25.8 Å². The van der Waals surface area contributed by atoms with Gasteiger partial charge in [-0.3, -0.25) is 0 Å². The van der Waals surface area contributed by atoms with Crippen LogP contribution in [0.25, 0.3) is 0 Å². The third kappa shape index (κ3) is 1.87. The third-order valence-corrected chi connectivity index (χ3v) is 2.55. The molecule has 0 amide bonds. The number of nitrogens with zero attached hydrogens (tertiary/aromatic N) is 1. The number of likely N-dealkylation sites (tertiary alicyclic amines) is 1. The van der Waals surface area contributed by atoms with Gasteiger partial charge in [-0.2, -0.15) is 12.6 Å². The van der Waals surface area contributed by atoms with Crippen LogP contribution in [0.15, 0.2) is 0 Å². The van der Waals surface area contributed by atoms with Gasteiger partial charge in [-0.25, -0.2) is 0 Å². The summed E-state index contributed by atoms with van der Waals surface area (Å²) >= 11 is 4.28. The second kappa shape index (κ2) is 3.47. The van der Waals surface area contributed by atoms with Crippen molar-refractivity contribution in [3.05, 3.63) is 0 Å². The number of hydrogen-bond acceptors (Lipinski definition) is 2. The van der Waals surface area contributed by atoms with E-state index in [0.29, 0.717) is 0 Å². The minimum Gasteiger partial charge on any atom is -0.303 e. The van der Waals surface area contributed by atoms with Crippen LogP contribution in [0.1, 0.15) is 19.3 Å². The number of piperidine rings is 1. The second-order valence-electron chi connectivity index (χ2n) is 2.81. The Balaban J connectivity index is 2.30. The Bertz CT molecular complexity index is 85.0. The molecule has 1 heterocycles. The summed E-state index contributed by atoms with van der Waals surface area (Å²) in [5.41, 5.74) is 0. The van der Waals surface area contributed by atoms with Crippen LogP contribution in [0, 0.1) is 0 Å². The predicted molar refractivity (Wildman–Crippen MR) is 44.1 cm³/mol. The highest BCUT2D eigenvalue weighted by Crippen LogP contribution is 2.15. The predicted octanol–water partition coefficient (Wildman–Crippen LogP) is 1.40. The van der Waals surface area contributed by atoms with Gasteiger partial charge in [0.1, 0.15) is 0 Å². The van der Waals surface area contributed by atoms with Gasteiger partial charge in [0.05, 0.1) is 0 Å².